The Hall–Kier alpha value is -1.30. The normalized spacial score (nSPS) is 26.5. The fourth-order valence-electron chi connectivity index (χ4n) is 3.66. The predicted molar refractivity (Wildman–Crippen MR) is 82.5 cm³/mol. The molecule has 6 nitrogen and oxygen atoms in total. The highest BCUT2D eigenvalue weighted by Crippen LogP contribution is 2.23. The molecular formula is C16H27N3O3. The van der Waals surface area contributed by atoms with Gasteiger partial charge in [-0.2, -0.15) is 0 Å². The van der Waals surface area contributed by atoms with Gasteiger partial charge in [-0.1, -0.05) is 12.8 Å². The van der Waals surface area contributed by atoms with Gasteiger partial charge in [0.2, 0.25) is 0 Å². The zero-order valence-electron chi connectivity index (χ0n) is 13.3. The molecule has 6 heteroatoms. The van der Waals surface area contributed by atoms with Crippen LogP contribution >= 0.6 is 0 Å². The van der Waals surface area contributed by atoms with E-state index >= 15 is 0 Å². The molecule has 3 rings (SSSR count). The number of nitrogens with one attached hydrogen (secondary N) is 1. The maximum Gasteiger partial charge on any atom is 0.317 e. The molecule has 0 bridgehead atoms. The van der Waals surface area contributed by atoms with Gasteiger partial charge in [-0.15, -0.1) is 0 Å². The van der Waals surface area contributed by atoms with Crippen LogP contribution in [0.25, 0.3) is 0 Å². The summed E-state index contributed by atoms with van der Waals surface area (Å²) in [5.74, 6) is 0.759. The number of amides is 3. The Bertz CT molecular complexity index is 395. The van der Waals surface area contributed by atoms with Gasteiger partial charge in [-0.25, -0.2) is 4.79 Å². The number of hydrogen-bond donors (Lipinski definition) is 1. The number of nitrogens with zero attached hydrogens (tertiary/aromatic N) is 2. The average Bonchev–Trinajstić information content (AvgIpc) is 3.25. The molecule has 2 saturated heterocycles. The van der Waals surface area contributed by atoms with Crippen molar-refractivity contribution in [2.24, 2.45) is 5.92 Å². The van der Waals surface area contributed by atoms with E-state index in [1.54, 1.807) is 0 Å². The first kappa shape index (κ1) is 15.6. The first-order chi connectivity index (χ1) is 10.7. The lowest BCUT2D eigenvalue weighted by Gasteiger charge is -2.35. The molecule has 0 aromatic carbocycles. The van der Waals surface area contributed by atoms with Gasteiger partial charge in [0, 0.05) is 39.3 Å². The number of carbonyl (C=O) groups excluding carboxylic acids is 2. The number of urea groups is 1. The lowest BCUT2D eigenvalue weighted by Crippen LogP contribution is -2.55. The third-order valence-corrected chi connectivity index (χ3v) is 5.10. The van der Waals surface area contributed by atoms with Crippen LogP contribution in [-0.4, -0.2) is 67.2 Å². The summed E-state index contributed by atoms with van der Waals surface area (Å²) in [7, 11) is 0. The van der Waals surface area contributed by atoms with E-state index in [1.165, 1.54) is 25.7 Å². The van der Waals surface area contributed by atoms with Crippen molar-refractivity contribution in [1.29, 1.82) is 0 Å². The van der Waals surface area contributed by atoms with Crippen LogP contribution in [0.15, 0.2) is 0 Å². The van der Waals surface area contributed by atoms with Crippen molar-refractivity contribution >= 4 is 11.9 Å². The highest BCUT2D eigenvalue weighted by Gasteiger charge is 2.31. The molecule has 1 saturated carbocycles. The van der Waals surface area contributed by atoms with Gasteiger partial charge in [-0.05, 0) is 31.6 Å². The zero-order chi connectivity index (χ0) is 15.4. The van der Waals surface area contributed by atoms with E-state index < -0.39 is 0 Å². The van der Waals surface area contributed by atoms with E-state index in [0.29, 0.717) is 38.7 Å². The molecular weight excluding hydrogens is 282 g/mol. The Balaban J connectivity index is 1.38. The molecule has 1 N–H and O–H groups in total. The lowest BCUT2D eigenvalue weighted by molar-refractivity contribution is -0.142. The van der Waals surface area contributed by atoms with Crippen LogP contribution < -0.4 is 5.32 Å². The monoisotopic (exact) mass is 309 g/mol. The van der Waals surface area contributed by atoms with E-state index in [1.807, 2.05) is 9.80 Å². The maximum absolute atomic E-state index is 12.3. The summed E-state index contributed by atoms with van der Waals surface area (Å²) in [5.41, 5.74) is 0. The summed E-state index contributed by atoms with van der Waals surface area (Å²) in [4.78, 5) is 28.1. The molecule has 1 atom stereocenters. The topological polar surface area (TPSA) is 61.9 Å². The molecule has 2 aliphatic heterocycles. The minimum Gasteiger partial charge on any atom is -0.368 e. The van der Waals surface area contributed by atoms with E-state index in [-0.39, 0.29) is 18.0 Å². The number of hydrogen-bond acceptors (Lipinski definition) is 3. The van der Waals surface area contributed by atoms with Crippen molar-refractivity contribution in [1.82, 2.24) is 15.1 Å². The number of piperazine rings is 1. The second-order valence-corrected chi connectivity index (χ2v) is 6.65. The quantitative estimate of drug-likeness (QED) is 0.852. The van der Waals surface area contributed by atoms with Crippen LogP contribution in [0, 0.1) is 5.92 Å². The van der Waals surface area contributed by atoms with Gasteiger partial charge in [0.15, 0.2) is 0 Å². The Labute approximate surface area is 132 Å². The minimum absolute atomic E-state index is 0.0242. The van der Waals surface area contributed by atoms with Crippen molar-refractivity contribution in [3.05, 3.63) is 0 Å². The largest absolute Gasteiger partial charge is 0.368 e. The number of rotatable bonds is 3. The van der Waals surface area contributed by atoms with Gasteiger partial charge in [0.05, 0.1) is 0 Å². The summed E-state index contributed by atoms with van der Waals surface area (Å²) in [6.07, 6.45) is 6.63. The van der Waals surface area contributed by atoms with Crippen LogP contribution in [0.3, 0.4) is 0 Å². The second kappa shape index (κ2) is 7.31. The highest BCUT2D eigenvalue weighted by molar-refractivity contribution is 5.81. The summed E-state index contributed by atoms with van der Waals surface area (Å²) < 4.78 is 5.45. The van der Waals surface area contributed by atoms with Crippen LogP contribution in [0.2, 0.25) is 0 Å². The molecule has 0 radical (unpaired) electrons. The van der Waals surface area contributed by atoms with E-state index in [0.717, 1.165) is 19.4 Å². The molecule has 124 valence electrons. The molecule has 0 unspecified atom stereocenters. The van der Waals surface area contributed by atoms with Crippen molar-refractivity contribution < 1.29 is 14.3 Å². The zero-order valence-corrected chi connectivity index (χ0v) is 13.3. The fourth-order valence-corrected chi connectivity index (χ4v) is 3.66. The van der Waals surface area contributed by atoms with Gasteiger partial charge in [-0.3, -0.25) is 4.79 Å². The molecule has 3 fully saturated rings. The lowest BCUT2D eigenvalue weighted by atomic mass is 10.1. The SMILES string of the molecule is O=C(NCC1CCCC1)N1CCN(C(=O)[C@H]2CCCO2)CC1. The van der Waals surface area contributed by atoms with Gasteiger partial charge in [0.1, 0.15) is 6.10 Å². The molecule has 1 aliphatic carbocycles. The Morgan fingerprint density at radius 3 is 2.27 bits per heavy atom. The highest BCUT2D eigenvalue weighted by atomic mass is 16.5. The van der Waals surface area contributed by atoms with Crippen LogP contribution in [0.1, 0.15) is 38.5 Å². The van der Waals surface area contributed by atoms with Gasteiger partial charge < -0.3 is 19.9 Å². The fraction of sp³-hybridized carbons (Fsp3) is 0.875. The minimum atomic E-state index is -0.247. The summed E-state index contributed by atoms with van der Waals surface area (Å²) in [6.45, 7) is 3.98. The van der Waals surface area contributed by atoms with E-state index in [4.69, 9.17) is 4.74 Å². The first-order valence-electron chi connectivity index (χ1n) is 8.67. The summed E-state index contributed by atoms with van der Waals surface area (Å²) in [6, 6.07) is 0.0242. The summed E-state index contributed by atoms with van der Waals surface area (Å²) in [5, 5.41) is 3.05. The molecule has 0 spiro atoms. The molecule has 3 aliphatic rings. The Morgan fingerprint density at radius 2 is 1.64 bits per heavy atom. The van der Waals surface area contributed by atoms with Crippen molar-refractivity contribution in [3.8, 4) is 0 Å². The maximum atomic E-state index is 12.3. The summed E-state index contributed by atoms with van der Waals surface area (Å²) >= 11 is 0. The standard InChI is InChI=1S/C16H27N3O3/c20-15(14-6-3-11-22-14)18-7-9-19(10-8-18)16(21)17-12-13-4-1-2-5-13/h13-14H,1-12H2,(H,17,21)/t14-/m1/s1. The first-order valence-corrected chi connectivity index (χ1v) is 8.67. The van der Waals surface area contributed by atoms with Crippen LogP contribution in [-0.2, 0) is 9.53 Å². The molecule has 0 aromatic rings. The third-order valence-electron chi connectivity index (χ3n) is 5.10. The third kappa shape index (κ3) is 3.72. The molecule has 2 heterocycles. The van der Waals surface area contributed by atoms with E-state index in [2.05, 4.69) is 5.32 Å². The Kier molecular flexibility index (Phi) is 5.18. The van der Waals surface area contributed by atoms with Gasteiger partial charge >= 0.3 is 6.03 Å². The molecule has 3 amide bonds. The van der Waals surface area contributed by atoms with Crippen LogP contribution in [0.4, 0.5) is 4.79 Å². The predicted octanol–water partition coefficient (Wildman–Crippen LogP) is 1.21. The second-order valence-electron chi connectivity index (χ2n) is 6.65. The van der Waals surface area contributed by atoms with Crippen molar-refractivity contribution in [3.63, 3.8) is 0 Å². The molecule has 22 heavy (non-hydrogen) atoms. The Morgan fingerprint density at radius 1 is 0.955 bits per heavy atom. The number of ether oxygens (including phenoxy) is 1. The van der Waals surface area contributed by atoms with E-state index in [9.17, 15) is 9.59 Å². The smallest absolute Gasteiger partial charge is 0.317 e. The van der Waals surface area contributed by atoms with Gasteiger partial charge in [0.25, 0.3) is 5.91 Å². The van der Waals surface area contributed by atoms with Crippen LogP contribution in [0.5, 0.6) is 0 Å². The van der Waals surface area contributed by atoms with Crippen molar-refractivity contribution in [2.75, 3.05) is 39.3 Å². The average molecular weight is 309 g/mol. The number of carbonyl (C=O) groups is 2. The van der Waals surface area contributed by atoms with Crippen molar-refractivity contribution in [2.45, 2.75) is 44.6 Å². The molecule has 0 aromatic heterocycles.